The highest BCUT2D eigenvalue weighted by Crippen LogP contribution is 2.57. The van der Waals surface area contributed by atoms with Gasteiger partial charge in [0.1, 0.15) is 0 Å². The summed E-state index contributed by atoms with van der Waals surface area (Å²) >= 11 is 10.1. The number of phenolic OH excluding ortho intramolecular Hbond substituents is 1. The van der Waals surface area contributed by atoms with E-state index in [9.17, 15) is 29.1 Å². The summed E-state index contributed by atoms with van der Waals surface area (Å²) in [5.74, 6) is -5.07. The molecule has 5 rings (SSSR count). The molecule has 1 aromatic rings. The molecule has 1 fully saturated rings. The Morgan fingerprint density at radius 1 is 1.10 bits per heavy atom. The minimum atomic E-state index is -1.01. The fourth-order valence-electron chi connectivity index (χ4n) is 6.21. The van der Waals surface area contributed by atoms with E-state index >= 15 is 0 Å². The summed E-state index contributed by atoms with van der Waals surface area (Å²) in [6, 6.07) is 1.60. The summed E-state index contributed by atoms with van der Waals surface area (Å²) in [5.41, 5.74) is 1.87. The Morgan fingerprint density at radius 3 is 2.49 bits per heavy atom. The average molecular weight is 728 g/mol. The van der Waals surface area contributed by atoms with Gasteiger partial charge in [0.25, 0.3) is 0 Å². The van der Waals surface area contributed by atoms with Crippen LogP contribution < -0.4 is 4.74 Å². The zero-order chi connectivity index (χ0) is 28.3. The zero-order valence-corrected chi connectivity index (χ0v) is 25.3. The van der Waals surface area contributed by atoms with Gasteiger partial charge >= 0.3 is 5.97 Å². The smallest absolute Gasteiger partial charge is 0.303 e. The molecule has 0 radical (unpaired) electrons. The van der Waals surface area contributed by atoms with Crippen LogP contribution in [0.25, 0.3) is 0 Å². The number of carbonyl (C=O) groups is 5. The topological polar surface area (TPSA) is 138 Å². The molecule has 2 N–H and O–H groups in total. The molecule has 1 aliphatic heterocycles. The number of allylic oxidation sites excluding steroid dienone is 6. The molecule has 0 saturated carbocycles. The van der Waals surface area contributed by atoms with Crippen molar-refractivity contribution in [1.29, 1.82) is 0 Å². The molecule has 4 atom stereocenters. The molecule has 12 heteroatoms. The number of carboxylic acids is 1. The van der Waals surface area contributed by atoms with Crippen molar-refractivity contribution in [3.63, 3.8) is 0 Å². The van der Waals surface area contributed by atoms with E-state index in [1.54, 1.807) is 6.07 Å². The summed E-state index contributed by atoms with van der Waals surface area (Å²) in [5, 5.41) is 19.5. The number of phenols is 1. The van der Waals surface area contributed by atoms with Gasteiger partial charge in [0, 0.05) is 40.6 Å². The lowest BCUT2D eigenvalue weighted by atomic mass is 9.59. The van der Waals surface area contributed by atoms with Gasteiger partial charge in [-0.2, -0.15) is 0 Å². The highest BCUT2D eigenvalue weighted by atomic mass is 79.9. The van der Waals surface area contributed by atoms with Crippen LogP contribution in [-0.2, 0) is 24.0 Å². The molecule has 9 nitrogen and oxygen atoms in total. The molecule has 4 aliphatic rings. The van der Waals surface area contributed by atoms with Gasteiger partial charge in [-0.1, -0.05) is 11.6 Å². The summed E-state index contributed by atoms with van der Waals surface area (Å²) < 4.78 is 6.25. The van der Waals surface area contributed by atoms with E-state index in [0.29, 0.717) is 20.1 Å². The first-order valence-corrected chi connectivity index (χ1v) is 14.6. The van der Waals surface area contributed by atoms with Gasteiger partial charge in [-0.15, -0.1) is 0 Å². The van der Waals surface area contributed by atoms with E-state index in [1.165, 1.54) is 13.2 Å². The lowest BCUT2D eigenvalue weighted by Crippen LogP contribution is -2.39. The van der Waals surface area contributed by atoms with Crippen LogP contribution in [0, 0.1) is 17.8 Å². The Bertz CT molecular complexity index is 1460. The van der Waals surface area contributed by atoms with Gasteiger partial charge in [0.05, 0.1) is 27.9 Å². The second-order valence-corrected chi connectivity index (χ2v) is 12.3. The van der Waals surface area contributed by atoms with E-state index in [1.807, 2.05) is 6.08 Å². The van der Waals surface area contributed by atoms with E-state index in [0.717, 1.165) is 10.5 Å². The first kappa shape index (κ1) is 28.0. The summed E-state index contributed by atoms with van der Waals surface area (Å²) in [6.45, 7) is 0.00968. The van der Waals surface area contributed by atoms with E-state index in [2.05, 4.69) is 47.8 Å². The van der Waals surface area contributed by atoms with Gasteiger partial charge in [-0.25, -0.2) is 0 Å². The number of benzene rings is 1. The average Bonchev–Trinajstić information content (AvgIpc) is 3.14. The minimum Gasteiger partial charge on any atom is -0.503 e. The van der Waals surface area contributed by atoms with Crippen molar-refractivity contribution in [1.82, 2.24) is 4.90 Å². The maximum absolute atomic E-state index is 13.6. The Balaban J connectivity index is 1.65. The number of carbonyl (C=O) groups excluding carboxylic acids is 4. The van der Waals surface area contributed by atoms with Crippen molar-refractivity contribution >= 4 is 77.1 Å². The van der Waals surface area contributed by atoms with Gasteiger partial charge in [-0.05, 0) is 84.6 Å². The Hall–Kier alpha value is -2.57. The van der Waals surface area contributed by atoms with Gasteiger partial charge in [0.2, 0.25) is 11.8 Å². The molecule has 1 heterocycles. The second kappa shape index (κ2) is 10.4. The van der Waals surface area contributed by atoms with Crippen LogP contribution in [0.2, 0.25) is 0 Å². The molecule has 0 spiro atoms. The summed E-state index contributed by atoms with van der Waals surface area (Å²) in [7, 11) is 1.40. The summed E-state index contributed by atoms with van der Waals surface area (Å²) in [4.78, 5) is 65.7. The number of aromatic hydroxyl groups is 1. The number of imide groups is 1. The number of ether oxygens (including phenoxy) is 1. The highest BCUT2D eigenvalue weighted by Gasteiger charge is 2.56. The predicted molar refractivity (Wildman–Crippen MR) is 148 cm³/mol. The number of ketones is 2. The number of halogens is 3. The maximum atomic E-state index is 13.6. The molecule has 0 bridgehead atoms. The number of amides is 2. The number of carboxylic acid groups (broad SMARTS) is 1. The van der Waals surface area contributed by atoms with Gasteiger partial charge in [-0.3, -0.25) is 28.9 Å². The molecule has 2 amide bonds. The normalized spacial score (nSPS) is 26.2. The number of methoxy groups -OCH3 is 1. The third kappa shape index (κ3) is 4.44. The van der Waals surface area contributed by atoms with Crippen LogP contribution in [0.5, 0.6) is 11.5 Å². The molecular weight excluding hydrogens is 706 g/mol. The number of rotatable bonds is 6. The number of nitrogens with zero attached hydrogens (tertiary/aromatic N) is 1. The number of Topliss-reactive ketones (excluding diaryl/α,β-unsaturated/α-hetero) is 1. The third-order valence-corrected chi connectivity index (χ3v) is 10.6. The van der Waals surface area contributed by atoms with Crippen LogP contribution in [-0.4, -0.2) is 58.1 Å². The maximum Gasteiger partial charge on any atom is 0.303 e. The monoisotopic (exact) mass is 725 g/mol. The van der Waals surface area contributed by atoms with Gasteiger partial charge in [0.15, 0.2) is 23.1 Å². The fourth-order valence-corrected chi connectivity index (χ4v) is 7.62. The van der Waals surface area contributed by atoms with Crippen LogP contribution in [0.1, 0.15) is 37.2 Å². The molecule has 4 unspecified atom stereocenters. The molecule has 1 saturated heterocycles. The SMILES string of the molecule is COc1cc(C2C3=CCC4C(=O)N(CCCC(=O)O)C(=O)C4C3CC3=C2C(=O)C=C(Br)C3=O)c(Br)c(Br)c1O. The van der Waals surface area contributed by atoms with E-state index < -0.39 is 29.6 Å². The molecule has 204 valence electrons. The van der Waals surface area contributed by atoms with Gasteiger partial charge < -0.3 is 14.9 Å². The Labute approximate surface area is 248 Å². The van der Waals surface area contributed by atoms with Crippen molar-refractivity contribution in [3.05, 3.63) is 53.9 Å². The van der Waals surface area contributed by atoms with Crippen molar-refractivity contribution in [3.8, 4) is 11.5 Å². The standard InChI is InChI=1S/C27H22Br3NO8/c1-39-17-8-13(22(29)23(30)25(17)36)19-10-4-5-11-20(27(38)31(26(11)37)6-2-3-18(33)34)12(10)7-14-21(19)16(32)9-15(28)24(14)35/h4,8-9,11-12,19-20,36H,2-3,5-7H2,1H3,(H,33,34). The van der Waals surface area contributed by atoms with Crippen molar-refractivity contribution in [2.24, 2.45) is 17.8 Å². The van der Waals surface area contributed by atoms with E-state index in [4.69, 9.17) is 9.84 Å². The van der Waals surface area contributed by atoms with Crippen molar-refractivity contribution < 1.29 is 38.9 Å². The largest absolute Gasteiger partial charge is 0.503 e. The van der Waals surface area contributed by atoms with Crippen LogP contribution in [0.3, 0.4) is 0 Å². The van der Waals surface area contributed by atoms with Crippen LogP contribution in [0.15, 0.2) is 48.4 Å². The lowest BCUT2D eigenvalue weighted by molar-refractivity contribution is -0.142. The molecule has 39 heavy (non-hydrogen) atoms. The third-order valence-electron chi connectivity index (χ3n) is 7.90. The second-order valence-electron chi connectivity index (χ2n) is 9.86. The highest BCUT2D eigenvalue weighted by molar-refractivity contribution is 9.13. The molecule has 0 aromatic heterocycles. The predicted octanol–water partition coefficient (Wildman–Crippen LogP) is 4.55. The number of fused-ring (bicyclic) bond motifs is 3. The van der Waals surface area contributed by atoms with Crippen molar-refractivity contribution in [2.45, 2.75) is 31.6 Å². The Kier molecular flexibility index (Phi) is 7.49. The number of likely N-dealkylation sites (tertiary alicyclic amines) is 1. The Morgan fingerprint density at radius 2 is 1.82 bits per heavy atom. The van der Waals surface area contributed by atoms with Crippen LogP contribution in [0.4, 0.5) is 0 Å². The first-order chi connectivity index (χ1) is 18.5. The number of hydrogen-bond donors (Lipinski definition) is 2. The number of aliphatic carboxylic acids is 1. The molecule has 3 aliphatic carbocycles. The number of hydrogen-bond acceptors (Lipinski definition) is 7. The minimum absolute atomic E-state index is 0.00968. The molecular formula is C27H22Br3NO8. The van der Waals surface area contributed by atoms with Crippen LogP contribution >= 0.6 is 47.8 Å². The quantitative estimate of drug-likeness (QED) is 0.248. The summed E-state index contributed by atoms with van der Waals surface area (Å²) in [6.07, 6.45) is 3.49. The fraction of sp³-hybridized carbons (Fsp3) is 0.370. The zero-order valence-electron chi connectivity index (χ0n) is 20.5. The van der Waals surface area contributed by atoms with E-state index in [-0.39, 0.29) is 77.2 Å². The van der Waals surface area contributed by atoms with Crippen molar-refractivity contribution in [2.75, 3.05) is 13.7 Å². The first-order valence-electron chi connectivity index (χ1n) is 12.2. The molecule has 1 aromatic carbocycles. The lowest BCUT2D eigenvalue weighted by Gasteiger charge is -2.42.